The zero-order chi connectivity index (χ0) is 19.1. The van der Waals surface area contributed by atoms with Gasteiger partial charge in [0.2, 0.25) is 6.10 Å². The molecule has 1 N–H and O–H groups in total. The first kappa shape index (κ1) is 18.7. The second-order valence-corrected chi connectivity index (χ2v) is 5.98. The van der Waals surface area contributed by atoms with Gasteiger partial charge in [0.15, 0.2) is 0 Å². The van der Waals surface area contributed by atoms with Crippen molar-refractivity contribution in [3.05, 3.63) is 71.3 Å². The van der Waals surface area contributed by atoms with Crippen LogP contribution in [0.25, 0.3) is 6.08 Å². The Kier molecular flexibility index (Phi) is 6.22. The van der Waals surface area contributed by atoms with E-state index >= 15 is 0 Å². The Morgan fingerprint density at radius 3 is 2.63 bits per heavy atom. The Bertz CT molecular complexity index is 831. The highest BCUT2D eigenvalue weighted by Crippen LogP contribution is 2.27. The summed E-state index contributed by atoms with van der Waals surface area (Å²) in [6.45, 7) is 0.801. The molecular weight excluding hydrogens is 346 g/mol. The average molecular weight is 367 g/mol. The molecule has 0 spiro atoms. The second-order valence-electron chi connectivity index (χ2n) is 5.98. The number of carbonyl (C=O) groups excluding carboxylic acids is 2. The number of hydrogen-bond donors (Lipinski definition) is 1. The van der Waals surface area contributed by atoms with Gasteiger partial charge in [-0.3, -0.25) is 4.79 Å². The van der Waals surface area contributed by atoms with E-state index in [2.05, 4.69) is 5.32 Å². The Labute approximate surface area is 157 Å². The summed E-state index contributed by atoms with van der Waals surface area (Å²) in [7, 11) is 1.55. The molecule has 1 amide bonds. The summed E-state index contributed by atoms with van der Waals surface area (Å²) in [4.78, 5) is 25.2. The first-order valence-corrected chi connectivity index (χ1v) is 8.64. The molecule has 0 fully saturated rings. The number of methoxy groups -OCH3 is 1. The normalized spacial score (nSPS) is 13.6. The molecule has 6 heteroatoms. The van der Waals surface area contributed by atoms with Gasteiger partial charge in [-0.15, -0.1) is 0 Å². The van der Waals surface area contributed by atoms with Gasteiger partial charge in [0, 0.05) is 24.8 Å². The van der Waals surface area contributed by atoms with Crippen LogP contribution in [0, 0.1) is 0 Å². The van der Waals surface area contributed by atoms with Crippen molar-refractivity contribution in [3.63, 3.8) is 0 Å². The molecule has 0 radical (unpaired) electrons. The van der Waals surface area contributed by atoms with Crippen LogP contribution in [0.4, 0.5) is 0 Å². The molecule has 0 aromatic heterocycles. The van der Waals surface area contributed by atoms with Gasteiger partial charge >= 0.3 is 5.97 Å². The van der Waals surface area contributed by atoms with Crippen LogP contribution < -0.4 is 10.1 Å². The molecule has 0 saturated carbocycles. The molecule has 0 unspecified atom stereocenters. The van der Waals surface area contributed by atoms with Gasteiger partial charge < -0.3 is 19.5 Å². The lowest BCUT2D eigenvalue weighted by atomic mass is 10.1. The number of benzene rings is 2. The monoisotopic (exact) mass is 367 g/mol. The van der Waals surface area contributed by atoms with E-state index in [-0.39, 0.29) is 6.61 Å². The van der Waals surface area contributed by atoms with Gasteiger partial charge in [0.25, 0.3) is 5.91 Å². The summed E-state index contributed by atoms with van der Waals surface area (Å²) < 4.78 is 16.1. The largest absolute Gasteiger partial charge is 0.488 e. The highest BCUT2D eigenvalue weighted by atomic mass is 16.6. The lowest BCUT2D eigenvalue weighted by Crippen LogP contribution is -2.34. The maximum atomic E-state index is 12.7. The summed E-state index contributed by atoms with van der Waals surface area (Å²) in [5.41, 5.74) is 1.76. The number of fused-ring (bicyclic) bond motifs is 1. The summed E-state index contributed by atoms with van der Waals surface area (Å²) in [6.07, 6.45) is 0.681. The minimum atomic E-state index is -1.05. The zero-order valence-corrected chi connectivity index (χ0v) is 15.0. The van der Waals surface area contributed by atoms with Crippen molar-refractivity contribution in [2.24, 2.45) is 0 Å². The number of carbonyl (C=O) groups is 2. The lowest BCUT2D eigenvalue weighted by molar-refractivity contribution is -0.153. The van der Waals surface area contributed by atoms with E-state index in [0.29, 0.717) is 30.0 Å². The standard InChI is InChI=1S/C21H21NO5/c1-25-12-11-22-20(23)19(15-7-3-2-4-8-15)27-21(24)17-13-16-9-5-6-10-18(16)26-14-17/h2-10,13,19H,11-12,14H2,1H3,(H,22,23)/t19-/m1/s1. The Morgan fingerprint density at radius 2 is 1.85 bits per heavy atom. The van der Waals surface area contributed by atoms with Crippen LogP contribution in [0.5, 0.6) is 5.75 Å². The highest BCUT2D eigenvalue weighted by molar-refractivity contribution is 5.97. The molecule has 27 heavy (non-hydrogen) atoms. The molecule has 1 aliphatic heterocycles. The Morgan fingerprint density at radius 1 is 1.11 bits per heavy atom. The molecule has 0 aliphatic carbocycles. The number of amides is 1. The van der Waals surface area contributed by atoms with E-state index in [1.807, 2.05) is 30.3 Å². The third-order valence-corrected chi connectivity index (χ3v) is 4.06. The SMILES string of the molecule is COCCNC(=O)[C@H](OC(=O)C1=Cc2ccccc2OC1)c1ccccc1. The number of nitrogens with one attached hydrogen (secondary N) is 1. The van der Waals surface area contributed by atoms with Crippen LogP contribution in [0.15, 0.2) is 60.2 Å². The Hall–Kier alpha value is -3.12. The lowest BCUT2D eigenvalue weighted by Gasteiger charge is -2.21. The Balaban J connectivity index is 1.77. The molecule has 1 aliphatic rings. The number of ether oxygens (including phenoxy) is 3. The molecule has 2 aromatic carbocycles. The van der Waals surface area contributed by atoms with Crippen molar-refractivity contribution in [1.82, 2.24) is 5.32 Å². The fourth-order valence-corrected chi connectivity index (χ4v) is 2.69. The summed E-state index contributed by atoms with van der Waals surface area (Å²) in [6, 6.07) is 16.3. The van der Waals surface area contributed by atoms with E-state index in [9.17, 15) is 9.59 Å². The van der Waals surface area contributed by atoms with Crippen LogP contribution in [0.3, 0.4) is 0 Å². The van der Waals surface area contributed by atoms with Gasteiger partial charge in [-0.05, 0) is 12.1 Å². The summed E-state index contributed by atoms with van der Waals surface area (Å²) in [5.74, 6) is -0.268. The van der Waals surface area contributed by atoms with Crippen molar-refractivity contribution in [3.8, 4) is 5.75 Å². The van der Waals surface area contributed by atoms with Crippen LogP contribution in [-0.4, -0.2) is 38.7 Å². The smallest absolute Gasteiger partial charge is 0.338 e. The first-order valence-electron chi connectivity index (χ1n) is 8.64. The fourth-order valence-electron chi connectivity index (χ4n) is 2.69. The van der Waals surface area contributed by atoms with Crippen molar-refractivity contribution in [2.75, 3.05) is 26.9 Å². The molecule has 140 valence electrons. The minimum Gasteiger partial charge on any atom is -0.488 e. The van der Waals surface area contributed by atoms with Crippen molar-refractivity contribution in [2.45, 2.75) is 6.10 Å². The molecule has 0 bridgehead atoms. The quantitative estimate of drug-likeness (QED) is 0.601. The average Bonchev–Trinajstić information content (AvgIpc) is 2.72. The van der Waals surface area contributed by atoms with E-state index < -0.39 is 18.0 Å². The van der Waals surface area contributed by atoms with Crippen LogP contribution in [0.2, 0.25) is 0 Å². The predicted octanol–water partition coefficient (Wildman–Crippen LogP) is 2.51. The first-order chi connectivity index (χ1) is 13.2. The van der Waals surface area contributed by atoms with Gasteiger partial charge in [0.1, 0.15) is 12.4 Å². The van der Waals surface area contributed by atoms with Gasteiger partial charge in [-0.25, -0.2) is 4.79 Å². The van der Waals surface area contributed by atoms with Gasteiger partial charge in [0.05, 0.1) is 12.2 Å². The fraction of sp³-hybridized carbons (Fsp3) is 0.238. The molecule has 1 heterocycles. The molecule has 1 atom stereocenters. The summed E-state index contributed by atoms with van der Waals surface area (Å²) >= 11 is 0. The molecule has 0 saturated heterocycles. The topological polar surface area (TPSA) is 73.9 Å². The maximum absolute atomic E-state index is 12.7. The van der Waals surface area contributed by atoms with E-state index in [1.165, 1.54) is 0 Å². The second kappa shape index (κ2) is 9.00. The highest BCUT2D eigenvalue weighted by Gasteiger charge is 2.27. The van der Waals surface area contributed by atoms with E-state index in [1.54, 1.807) is 37.5 Å². The number of esters is 1. The number of para-hydroxylation sites is 1. The van der Waals surface area contributed by atoms with E-state index in [4.69, 9.17) is 14.2 Å². The van der Waals surface area contributed by atoms with E-state index in [0.717, 1.165) is 5.56 Å². The number of hydrogen-bond acceptors (Lipinski definition) is 5. The molecular formula is C21H21NO5. The zero-order valence-electron chi connectivity index (χ0n) is 15.0. The van der Waals surface area contributed by atoms with Crippen LogP contribution >= 0.6 is 0 Å². The van der Waals surface area contributed by atoms with Gasteiger partial charge in [-0.2, -0.15) is 0 Å². The van der Waals surface area contributed by atoms with Crippen molar-refractivity contribution < 1.29 is 23.8 Å². The molecule has 2 aromatic rings. The predicted molar refractivity (Wildman–Crippen MR) is 100 cm³/mol. The molecule has 6 nitrogen and oxygen atoms in total. The molecule has 3 rings (SSSR count). The van der Waals surface area contributed by atoms with Crippen LogP contribution in [0.1, 0.15) is 17.2 Å². The van der Waals surface area contributed by atoms with Crippen LogP contribution in [-0.2, 0) is 19.1 Å². The minimum absolute atomic E-state index is 0.0999. The number of rotatable bonds is 7. The van der Waals surface area contributed by atoms with Gasteiger partial charge in [-0.1, -0.05) is 48.5 Å². The maximum Gasteiger partial charge on any atom is 0.338 e. The third kappa shape index (κ3) is 4.74. The summed E-state index contributed by atoms with van der Waals surface area (Å²) in [5, 5.41) is 2.71. The van der Waals surface area contributed by atoms with Crippen molar-refractivity contribution >= 4 is 18.0 Å². The van der Waals surface area contributed by atoms with Crippen molar-refractivity contribution in [1.29, 1.82) is 0 Å². The third-order valence-electron chi connectivity index (χ3n) is 4.06.